The summed E-state index contributed by atoms with van der Waals surface area (Å²) in [6.45, 7) is 10.6. The first-order valence-electron chi connectivity index (χ1n) is 15.4. The maximum Gasteiger partial charge on any atom is 0.355 e. The molecule has 0 saturated carbocycles. The number of esters is 2. The zero-order valence-electron chi connectivity index (χ0n) is 27.5. The number of aryl methyl sites for hydroxylation is 2. The first-order valence-corrected chi connectivity index (χ1v) is 15.4. The van der Waals surface area contributed by atoms with Gasteiger partial charge in [0.15, 0.2) is 0 Å². The number of hydrogen-bond donors (Lipinski definition) is 1. The SMILES string of the molecule is CC(C)(C)OC(=O)CCC(NC(=O)Cc1ccc(CCc2ccc(CC(=O)OC(C)(C)C)cc2)cc1)C(=O)ON1C(=O)CCC1=O. The van der Waals surface area contributed by atoms with Crippen LogP contribution in [-0.2, 0) is 68.8 Å². The fourth-order valence-electron chi connectivity index (χ4n) is 4.63. The Kier molecular flexibility index (Phi) is 12.2. The van der Waals surface area contributed by atoms with Crippen molar-refractivity contribution in [3.63, 3.8) is 0 Å². The van der Waals surface area contributed by atoms with Crippen LogP contribution >= 0.6 is 0 Å². The Hall–Kier alpha value is -4.54. The van der Waals surface area contributed by atoms with E-state index in [2.05, 4.69) is 5.32 Å². The Morgan fingerprint density at radius 1 is 0.696 bits per heavy atom. The Labute approximate surface area is 269 Å². The molecule has 11 nitrogen and oxygen atoms in total. The minimum atomic E-state index is -1.28. The van der Waals surface area contributed by atoms with Gasteiger partial charge < -0.3 is 19.6 Å². The molecule has 2 aromatic rings. The van der Waals surface area contributed by atoms with Gasteiger partial charge in [0, 0.05) is 19.3 Å². The Bertz CT molecular complexity index is 1400. The summed E-state index contributed by atoms with van der Waals surface area (Å²) in [5.41, 5.74) is 2.54. The minimum absolute atomic E-state index is 0.0445. The van der Waals surface area contributed by atoms with Crippen molar-refractivity contribution in [1.82, 2.24) is 10.4 Å². The van der Waals surface area contributed by atoms with Gasteiger partial charge in [0.05, 0.1) is 12.8 Å². The molecule has 1 aliphatic rings. The highest BCUT2D eigenvalue weighted by Gasteiger charge is 2.35. The van der Waals surface area contributed by atoms with Crippen molar-refractivity contribution < 1.29 is 43.1 Å². The third kappa shape index (κ3) is 12.5. The normalized spacial score (nSPS) is 14.1. The summed E-state index contributed by atoms with van der Waals surface area (Å²) in [5, 5.41) is 2.98. The molecule has 3 rings (SSSR count). The van der Waals surface area contributed by atoms with E-state index < -0.39 is 46.9 Å². The Morgan fingerprint density at radius 3 is 1.61 bits per heavy atom. The van der Waals surface area contributed by atoms with Gasteiger partial charge in [-0.2, -0.15) is 0 Å². The highest BCUT2D eigenvalue weighted by Crippen LogP contribution is 2.17. The molecule has 0 bridgehead atoms. The van der Waals surface area contributed by atoms with E-state index >= 15 is 0 Å². The number of hydrogen-bond acceptors (Lipinski definition) is 9. The predicted molar refractivity (Wildman–Crippen MR) is 168 cm³/mol. The van der Waals surface area contributed by atoms with E-state index in [1.807, 2.05) is 69.3 Å². The lowest BCUT2D eigenvalue weighted by molar-refractivity contribution is -0.199. The average molecular weight is 637 g/mol. The fraction of sp³-hybridized carbons (Fsp3) is 0.486. The zero-order chi connectivity index (χ0) is 34.1. The lowest BCUT2D eigenvalue weighted by atomic mass is 10.0. The lowest BCUT2D eigenvalue weighted by Crippen LogP contribution is -2.46. The summed E-state index contributed by atoms with van der Waals surface area (Å²) in [7, 11) is 0. The molecule has 1 saturated heterocycles. The molecule has 1 fully saturated rings. The van der Waals surface area contributed by atoms with Gasteiger partial charge in [0.1, 0.15) is 17.2 Å². The molecule has 1 atom stereocenters. The van der Waals surface area contributed by atoms with Gasteiger partial charge in [0.25, 0.3) is 11.8 Å². The van der Waals surface area contributed by atoms with Crippen LogP contribution in [0.4, 0.5) is 0 Å². The molecule has 0 spiro atoms. The average Bonchev–Trinajstić information content (AvgIpc) is 3.25. The van der Waals surface area contributed by atoms with Crippen LogP contribution in [-0.4, -0.2) is 57.9 Å². The highest BCUT2D eigenvalue weighted by atomic mass is 16.7. The summed E-state index contributed by atoms with van der Waals surface area (Å²) in [6.07, 6.45) is 1.25. The van der Waals surface area contributed by atoms with Crippen molar-refractivity contribution in [1.29, 1.82) is 0 Å². The first-order chi connectivity index (χ1) is 21.5. The molecule has 1 N–H and O–H groups in total. The monoisotopic (exact) mass is 636 g/mol. The number of hydroxylamine groups is 2. The Morgan fingerprint density at radius 2 is 1.13 bits per heavy atom. The van der Waals surface area contributed by atoms with Crippen LogP contribution in [0.5, 0.6) is 0 Å². The summed E-state index contributed by atoms with van der Waals surface area (Å²) >= 11 is 0. The van der Waals surface area contributed by atoms with Crippen LogP contribution in [0.1, 0.15) is 89.5 Å². The number of imide groups is 1. The van der Waals surface area contributed by atoms with Gasteiger partial charge in [-0.15, -0.1) is 5.06 Å². The number of nitrogens with one attached hydrogen (secondary N) is 1. The molecular formula is C35H44N2O9. The number of nitrogens with zero attached hydrogens (tertiary/aromatic N) is 1. The lowest BCUT2D eigenvalue weighted by Gasteiger charge is -2.22. The number of carbonyl (C=O) groups is 6. The van der Waals surface area contributed by atoms with Crippen molar-refractivity contribution in [3.8, 4) is 0 Å². The van der Waals surface area contributed by atoms with E-state index in [-0.39, 0.29) is 44.5 Å². The molecule has 1 unspecified atom stereocenters. The second-order valence-electron chi connectivity index (χ2n) is 13.3. The van der Waals surface area contributed by atoms with E-state index in [9.17, 15) is 28.8 Å². The molecule has 0 radical (unpaired) electrons. The van der Waals surface area contributed by atoms with Crippen LogP contribution in [0.15, 0.2) is 48.5 Å². The van der Waals surface area contributed by atoms with Crippen LogP contribution in [0.2, 0.25) is 0 Å². The Balaban J connectivity index is 1.54. The molecule has 1 heterocycles. The van der Waals surface area contributed by atoms with E-state index in [0.717, 1.165) is 29.5 Å². The highest BCUT2D eigenvalue weighted by molar-refractivity contribution is 6.02. The first kappa shape index (κ1) is 35.9. The van der Waals surface area contributed by atoms with Gasteiger partial charge in [-0.3, -0.25) is 24.0 Å². The maximum absolute atomic E-state index is 12.9. The number of carbonyl (C=O) groups excluding carboxylic acids is 6. The van der Waals surface area contributed by atoms with Crippen molar-refractivity contribution in [2.45, 2.75) is 110 Å². The molecule has 3 amide bonds. The summed E-state index contributed by atoms with van der Waals surface area (Å²) in [5.74, 6) is -3.64. The quantitative estimate of drug-likeness (QED) is 0.254. The standard InChI is InChI=1S/C35H44N2O9/c1-34(2,3)44-31(41)20-17-27(33(43)46-37-29(39)18-19-30(37)40)36-28(38)21-25-13-9-23(10-14-25)7-8-24-11-15-26(16-12-24)22-32(42)45-35(4,5)6/h9-16,27H,7-8,17-22H2,1-6H3,(H,36,38). The molecule has 11 heteroatoms. The molecule has 0 aliphatic carbocycles. The van der Waals surface area contributed by atoms with Crippen molar-refractivity contribution in [3.05, 3.63) is 70.8 Å². The smallest absolute Gasteiger partial charge is 0.355 e. The fourth-order valence-corrected chi connectivity index (χ4v) is 4.63. The maximum atomic E-state index is 12.9. The van der Waals surface area contributed by atoms with Gasteiger partial charge in [0.2, 0.25) is 5.91 Å². The van der Waals surface area contributed by atoms with Crippen LogP contribution in [0.3, 0.4) is 0 Å². The summed E-state index contributed by atoms with van der Waals surface area (Å²) < 4.78 is 10.7. The number of ether oxygens (including phenoxy) is 2. The van der Waals surface area contributed by atoms with Gasteiger partial charge in [-0.05, 0) is 83.1 Å². The van der Waals surface area contributed by atoms with Gasteiger partial charge >= 0.3 is 17.9 Å². The second kappa shape index (κ2) is 15.6. The van der Waals surface area contributed by atoms with Crippen LogP contribution in [0, 0.1) is 0 Å². The summed E-state index contributed by atoms with van der Waals surface area (Å²) in [4.78, 5) is 79.0. The molecule has 0 aromatic heterocycles. The molecular weight excluding hydrogens is 592 g/mol. The predicted octanol–water partition coefficient (Wildman–Crippen LogP) is 4.11. The second-order valence-corrected chi connectivity index (χ2v) is 13.3. The number of amides is 3. The molecule has 1 aliphatic heterocycles. The molecule has 248 valence electrons. The molecule has 2 aromatic carbocycles. The van der Waals surface area contributed by atoms with Crippen LogP contribution < -0.4 is 5.32 Å². The molecule has 46 heavy (non-hydrogen) atoms. The van der Waals surface area contributed by atoms with Gasteiger partial charge in [-0.1, -0.05) is 48.5 Å². The number of benzene rings is 2. The van der Waals surface area contributed by atoms with Crippen molar-refractivity contribution >= 4 is 35.6 Å². The van der Waals surface area contributed by atoms with Gasteiger partial charge in [-0.25, -0.2) is 4.79 Å². The zero-order valence-corrected chi connectivity index (χ0v) is 27.5. The van der Waals surface area contributed by atoms with E-state index in [1.165, 1.54) is 0 Å². The topological polar surface area (TPSA) is 145 Å². The third-order valence-electron chi connectivity index (χ3n) is 6.75. The number of rotatable bonds is 13. The van der Waals surface area contributed by atoms with Crippen molar-refractivity contribution in [2.24, 2.45) is 0 Å². The van der Waals surface area contributed by atoms with E-state index in [4.69, 9.17) is 14.3 Å². The minimum Gasteiger partial charge on any atom is -0.460 e. The third-order valence-corrected chi connectivity index (χ3v) is 6.75. The van der Waals surface area contributed by atoms with Crippen molar-refractivity contribution in [2.75, 3.05) is 0 Å². The van der Waals surface area contributed by atoms with E-state index in [1.54, 1.807) is 20.8 Å². The summed E-state index contributed by atoms with van der Waals surface area (Å²) in [6, 6.07) is 14.1. The van der Waals surface area contributed by atoms with E-state index in [0.29, 0.717) is 10.6 Å². The van der Waals surface area contributed by atoms with Crippen LogP contribution in [0.25, 0.3) is 0 Å². The largest absolute Gasteiger partial charge is 0.460 e.